The lowest BCUT2D eigenvalue weighted by Gasteiger charge is -2.31. The second kappa shape index (κ2) is 5.67. The zero-order chi connectivity index (χ0) is 12.3. The minimum Gasteiger partial charge on any atom is -0.342 e. The molecule has 1 saturated heterocycles. The molecule has 1 amide bonds. The largest absolute Gasteiger partial charge is 0.342 e. The van der Waals surface area contributed by atoms with Gasteiger partial charge < -0.3 is 4.90 Å². The van der Waals surface area contributed by atoms with Crippen molar-refractivity contribution in [1.82, 2.24) is 4.90 Å². The van der Waals surface area contributed by atoms with Crippen molar-refractivity contribution in [2.45, 2.75) is 26.2 Å². The zero-order valence-corrected chi connectivity index (χ0v) is 11.7. The van der Waals surface area contributed by atoms with Crippen molar-refractivity contribution >= 4 is 21.8 Å². The number of hydrogen-bond acceptors (Lipinski definition) is 1. The Morgan fingerprint density at radius 2 is 2.12 bits per heavy atom. The van der Waals surface area contributed by atoms with Gasteiger partial charge in [-0.1, -0.05) is 35.0 Å². The number of rotatable bonds is 2. The zero-order valence-electron chi connectivity index (χ0n) is 10.2. The molecule has 0 spiro atoms. The van der Waals surface area contributed by atoms with E-state index in [0.29, 0.717) is 12.3 Å². The Kier molecular flexibility index (Phi) is 4.21. The van der Waals surface area contributed by atoms with Gasteiger partial charge in [-0.25, -0.2) is 0 Å². The summed E-state index contributed by atoms with van der Waals surface area (Å²) >= 11 is 3.40. The van der Waals surface area contributed by atoms with Gasteiger partial charge in [0.15, 0.2) is 0 Å². The number of benzene rings is 1. The maximum atomic E-state index is 12.1. The quantitative estimate of drug-likeness (QED) is 0.820. The second-order valence-electron chi connectivity index (χ2n) is 4.89. The van der Waals surface area contributed by atoms with Gasteiger partial charge in [-0.05, 0) is 36.5 Å². The molecule has 92 valence electrons. The van der Waals surface area contributed by atoms with Gasteiger partial charge >= 0.3 is 0 Å². The topological polar surface area (TPSA) is 20.3 Å². The van der Waals surface area contributed by atoms with E-state index in [9.17, 15) is 4.79 Å². The Morgan fingerprint density at radius 1 is 1.41 bits per heavy atom. The van der Waals surface area contributed by atoms with Crippen LogP contribution < -0.4 is 0 Å². The summed E-state index contributed by atoms with van der Waals surface area (Å²) in [6.07, 6.45) is 2.93. The van der Waals surface area contributed by atoms with Crippen molar-refractivity contribution in [3.63, 3.8) is 0 Å². The maximum Gasteiger partial charge on any atom is 0.226 e. The molecule has 1 aromatic rings. The molecule has 17 heavy (non-hydrogen) atoms. The van der Waals surface area contributed by atoms with Crippen LogP contribution in [0.15, 0.2) is 28.7 Å². The van der Waals surface area contributed by atoms with Gasteiger partial charge in [-0.2, -0.15) is 0 Å². The van der Waals surface area contributed by atoms with E-state index in [0.717, 1.165) is 29.5 Å². The Hall–Kier alpha value is -0.830. The molecule has 1 aliphatic heterocycles. The Bertz CT molecular complexity index is 388. The van der Waals surface area contributed by atoms with E-state index in [2.05, 4.69) is 22.9 Å². The fraction of sp³-hybridized carbons (Fsp3) is 0.500. The predicted octanol–water partition coefficient (Wildman–Crippen LogP) is 3.25. The van der Waals surface area contributed by atoms with Gasteiger partial charge in [0.05, 0.1) is 6.42 Å². The predicted molar refractivity (Wildman–Crippen MR) is 72.8 cm³/mol. The molecule has 0 saturated carbocycles. The third kappa shape index (κ3) is 3.56. The van der Waals surface area contributed by atoms with Crippen molar-refractivity contribution in [1.29, 1.82) is 0 Å². The van der Waals surface area contributed by atoms with Gasteiger partial charge in [0, 0.05) is 17.6 Å². The molecular formula is C14H18BrNO. The molecule has 0 radical (unpaired) electrons. The lowest BCUT2D eigenvalue weighted by Crippen LogP contribution is -2.39. The van der Waals surface area contributed by atoms with Crippen molar-refractivity contribution in [3.8, 4) is 0 Å². The minimum absolute atomic E-state index is 0.263. The van der Waals surface area contributed by atoms with Crippen LogP contribution in [0.5, 0.6) is 0 Å². The Balaban J connectivity index is 1.94. The van der Waals surface area contributed by atoms with Crippen LogP contribution in [-0.2, 0) is 11.2 Å². The van der Waals surface area contributed by atoms with Crippen molar-refractivity contribution < 1.29 is 4.79 Å². The summed E-state index contributed by atoms with van der Waals surface area (Å²) in [5, 5.41) is 0. The van der Waals surface area contributed by atoms with Crippen molar-refractivity contribution in [2.75, 3.05) is 13.1 Å². The molecule has 3 heteroatoms. The van der Waals surface area contributed by atoms with E-state index in [1.807, 2.05) is 29.2 Å². The summed E-state index contributed by atoms with van der Waals surface area (Å²) in [6, 6.07) is 7.99. The molecule has 0 aliphatic carbocycles. The van der Waals surface area contributed by atoms with E-state index in [1.165, 1.54) is 6.42 Å². The monoisotopic (exact) mass is 295 g/mol. The first-order chi connectivity index (χ1) is 8.15. The van der Waals surface area contributed by atoms with Crippen LogP contribution in [0, 0.1) is 5.92 Å². The first-order valence-corrected chi connectivity index (χ1v) is 6.96. The molecule has 1 aliphatic rings. The summed E-state index contributed by atoms with van der Waals surface area (Å²) in [7, 11) is 0. The van der Waals surface area contributed by atoms with Crippen LogP contribution in [0.25, 0.3) is 0 Å². The smallest absolute Gasteiger partial charge is 0.226 e. The lowest BCUT2D eigenvalue weighted by atomic mass is 9.99. The highest BCUT2D eigenvalue weighted by atomic mass is 79.9. The van der Waals surface area contributed by atoms with Gasteiger partial charge in [-0.3, -0.25) is 4.79 Å². The normalized spacial score (nSPS) is 20.4. The van der Waals surface area contributed by atoms with Crippen molar-refractivity contribution in [2.24, 2.45) is 5.92 Å². The standard InChI is InChI=1S/C14H18BrNO/c1-11-3-2-8-16(10-11)14(17)9-12-4-6-13(15)7-5-12/h4-7,11H,2-3,8-10H2,1H3/t11-/m0/s1. The van der Waals surface area contributed by atoms with Crippen LogP contribution in [-0.4, -0.2) is 23.9 Å². The number of carbonyl (C=O) groups excluding carboxylic acids is 1. The number of hydrogen-bond donors (Lipinski definition) is 0. The fourth-order valence-corrected chi connectivity index (χ4v) is 2.57. The average molecular weight is 296 g/mol. The van der Waals surface area contributed by atoms with Crippen LogP contribution in [0.4, 0.5) is 0 Å². The maximum absolute atomic E-state index is 12.1. The Labute approximate surface area is 111 Å². The van der Waals surface area contributed by atoms with Crippen LogP contribution in [0.2, 0.25) is 0 Å². The van der Waals surface area contributed by atoms with E-state index in [1.54, 1.807) is 0 Å². The van der Waals surface area contributed by atoms with E-state index >= 15 is 0 Å². The number of carbonyl (C=O) groups is 1. The first kappa shape index (κ1) is 12.6. The molecule has 0 aromatic heterocycles. The van der Waals surface area contributed by atoms with Crippen LogP contribution in [0.3, 0.4) is 0 Å². The van der Waals surface area contributed by atoms with Gasteiger partial charge in [-0.15, -0.1) is 0 Å². The first-order valence-electron chi connectivity index (χ1n) is 6.17. The minimum atomic E-state index is 0.263. The number of halogens is 1. The van der Waals surface area contributed by atoms with Crippen molar-refractivity contribution in [3.05, 3.63) is 34.3 Å². The van der Waals surface area contributed by atoms with Gasteiger partial charge in [0.25, 0.3) is 0 Å². The molecule has 1 atom stereocenters. The highest BCUT2D eigenvalue weighted by molar-refractivity contribution is 9.10. The third-order valence-electron chi connectivity index (χ3n) is 3.28. The Morgan fingerprint density at radius 3 is 2.76 bits per heavy atom. The molecule has 0 bridgehead atoms. The SMILES string of the molecule is C[C@H]1CCCN(C(=O)Cc2ccc(Br)cc2)C1. The molecule has 0 unspecified atom stereocenters. The average Bonchev–Trinajstić information content (AvgIpc) is 2.32. The summed E-state index contributed by atoms with van der Waals surface area (Å²) in [5.41, 5.74) is 1.09. The third-order valence-corrected chi connectivity index (χ3v) is 3.81. The van der Waals surface area contributed by atoms with Crippen LogP contribution >= 0.6 is 15.9 Å². The molecule has 1 heterocycles. The molecule has 0 N–H and O–H groups in total. The highest BCUT2D eigenvalue weighted by Crippen LogP contribution is 2.17. The molecular weight excluding hydrogens is 278 g/mol. The summed E-state index contributed by atoms with van der Waals surface area (Å²) in [6.45, 7) is 4.08. The number of amides is 1. The van der Waals surface area contributed by atoms with Gasteiger partial charge in [0.1, 0.15) is 0 Å². The molecule has 1 aromatic carbocycles. The van der Waals surface area contributed by atoms with E-state index in [4.69, 9.17) is 0 Å². The number of piperidine rings is 1. The highest BCUT2D eigenvalue weighted by Gasteiger charge is 2.20. The summed E-state index contributed by atoms with van der Waals surface area (Å²) in [4.78, 5) is 14.1. The molecule has 2 nitrogen and oxygen atoms in total. The van der Waals surface area contributed by atoms with E-state index < -0.39 is 0 Å². The van der Waals surface area contributed by atoms with Crippen LogP contribution in [0.1, 0.15) is 25.3 Å². The van der Waals surface area contributed by atoms with Gasteiger partial charge in [0.2, 0.25) is 5.91 Å². The summed E-state index contributed by atoms with van der Waals surface area (Å²) in [5.74, 6) is 0.913. The molecule has 1 fully saturated rings. The lowest BCUT2D eigenvalue weighted by molar-refractivity contribution is -0.132. The van der Waals surface area contributed by atoms with E-state index in [-0.39, 0.29) is 5.91 Å². The summed E-state index contributed by atoms with van der Waals surface area (Å²) < 4.78 is 1.06. The fourth-order valence-electron chi connectivity index (χ4n) is 2.30. The number of likely N-dealkylation sites (tertiary alicyclic amines) is 1. The number of nitrogens with zero attached hydrogens (tertiary/aromatic N) is 1. The molecule has 2 rings (SSSR count). The second-order valence-corrected chi connectivity index (χ2v) is 5.81.